The number of carbonyl (C=O) groups excluding carboxylic acids is 1. The first-order chi connectivity index (χ1) is 16.3. The lowest BCUT2D eigenvalue weighted by Gasteiger charge is -2.55. The van der Waals surface area contributed by atoms with Gasteiger partial charge in [-0.25, -0.2) is 4.39 Å². The lowest BCUT2D eigenvalue weighted by molar-refractivity contribution is -0.138. The fourth-order valence-electron chi connectivity index (χ4n) is 6.41. The number of rotatable bonds is 3. The van der Waals surface area contributed by atoms with Gasteiger partial charge < -0.3 is 9.88 Å². The number of para-hydroxylation sites is 1. The van der Waals surface area contributed by atoms with Crippen LogP contribution in [0.5, 0.6) is 0 Å². The van der Waals surface area contributed by atoms with Crippen molar-refractivity contribution < 1.29 is 9.18 Å². The summed E-state index contributed by atoms with van der Waals surface area (Å²) in [5, 5.41) is 1.24. The van der Waals surface area contributed by atoms with Crippen molar-refractivity contribution in [1.29, 1.82) is 0 Å². The number of benzene rings is 2. The molecule has 5 heteroatoms. The van der Waals surface area contributed by atoms with Crippen molar-refractivity contribution in [3.8, 4) is 0 Å². The van der Waals surface area contributed by atoms with Crippen LogP contribution in [-0.2, 0) is 22.3 Å². The second-order valence-electron chi connectivity index (χ2n) is 10.2. The van der Waals surface area contributed by atoms with Crippen LogP contribution in [0.25, 0.3) is 10.9 Å². The Labute approximate surface area is 201 Å². The Morgan fingerprint density at radius 1 is 0.971 bits per heavy atom. The van der Waals surface area contributed by atoms with E-state index in [4.69, 9.17) is 0 Å². The summed E-state index contributed by atoms with van der Waals surface area (Å²) in [4.78, 5) is 21.6. The molecule has 0 bridgehead atoms. The topological polar surface area (TPSA) is 39.3 Å². The summed E-state index contributed by atoms with van der Waals surface area (Å²) < 4.78 is 14.2. The highest BCUT2D eigenvalue weighted by Gasteiger charge is 2.53. The number of aromatic amines is 1. The molecule has 5 rings (SSSR count). The molecule has 3 aromatic rings. The fraction of sp³-hybridized carbons (Fsp3) is 0.414. The van der Waals surface area contributed by atoms with Crippen LogP contribution in [0, 0.1) is 0 Å². The summed E-state index contributed by atoms with van der Waals surface area (Å²) in [5.41, 5.74) is 4.55. The normalized spacial score (nSPS) is 25.5. The fourth-order valence-corrected chi connectivity index (χ4v) is 6.41. The van der Waals surface area contributed by atoms with E-state index < -0.39 is 11.4 Å². The number of halogens is 1. The molecule has 1 spiro atoms. The number of hydrogen-bond donors (Lipinski definition) is 1. The van der Waals surface area contributed by atoms with E-state index in [9.17, 15) is 9.18 Å². The third-order valence-corrected chi connectivity index (χ3v) is 8.54. The number of hydrogen-bond acceptors (Lipinski definition) is 2. The van der Waals surface area contributed by atoms with Gasteiger partial charge in [-0.2, -0.15) is 0 Å². The number of nitrogens with one attached hydrogen (secondary N) is 1. The minimum absolute atomic E-state index is 0.0915. The van der Waals surface area contributed by atoms with Gasteiger partial charge in [0.1, 0.15) is 5.83 Å². The lowest BCUT2D eigenvalue weighted by atomic mass is 9.65. The maximum absolute atomic E-state index is 14.2. The molecular formula is C29H34FN3O. The zero-order valence-electron chi connectivity index (χ0n) is 20.6. The summed E-state index contributed by atoms with van der Waals surface area (Å²) in [6.45, 7) is 3.60. The summed E-state index contributed by atoms with van der Waals surface area (Å²) in [6.07, 6.45) is 4.26. The number of aromatic nitrogens is 1. The predicted molar refractivity (Wildman–Crippen MR) is 135 cm³/mol. The average molecular weight is 460 g/mol. The van der Waals surface area contributed by atoms with Crippen LogP contribution in [0.4, 0.5) is 4.39 Å². The molecule has 0 unspecified atom stereocenters. The smallest absolute Gasteiger partial charge is 0.252 e. The first-order valence-corrected chi connectivity index (χ1v) is 12.3. The minimum atomic E-state index is -0.464. The Morgan fingerprint density at radius 3 is 2.26 bits per heavy atom. The van der Waals surface area contributed by atoms with Gasteiger partial charge in [-0.3, -0.25) is 9.69 Å². The van der Waals surface area contributed by atoms with Crippen molar-refractivity contribution in [2.75, 3.05) is 20.6 Å². The zero-order valence-corrected chi connectivity index (χ0v) is 20.6. The Morgan fingerprint density at radius 2 is 1.62 bits per heavy atom. The van der Waals surface area contributed by atoms with Crippen LogP contribution >= 0.6 is 0 Å². The van der Waals surface area contributed by atoms with E-state index >= 15 is 0 Å². The second-order valence-corrected chi connectivity index (χ2v) is 10.2. The summed E-state index contributed by atoms with van der Waals surface area (Å²) in [5.74, 6) is -0.577. The standard InChI is InChI=1S/C29H34FN3O/c1-20(21(2)30)27(34)33-19-14-24-23-12-8-9-13-25(23)31-26(24)29(33)17-15-28(16-18-29,32(3)4)22-10-6-5-7-11-22/h5-13,31H,14-19H2,1-4H3/b21-20-. The Hall–Kier alpha value is -2.92. The number of carbonyl (C=O) groups is 1. The first kappa shape index (κ1) is 22.9. The minimum Gasteiger partial charge on any atom is -0.356 e. The van der Waals surface area contributed by atoms with Crippen molar-refractivity contribution >= 4 is 16.8 Å². The van der Waals surface area contributed by atoms with Gasteiger partial charge in [0.15, 0.2) is 0 Å². The van der Waals surface area contributed by atoms with Crippen LogP contribution in [0.1, 0.15) is 56.4 Å². The molecule has 1 aliphatic heterocycles. The average Bonchev–Trinajstić information content (AvgIpc) is 3.24. The van der Waals surface area contributed by atoms with E-state index in [-0.39, 0.29) is 17.0 Å². The number of amides is 1. The molecule has 1 aromatic heterocycles. The highest BCUT2D eigenvalue weighted by molar-refractivity contribution is 5.95. The van der Waals surface area contributed by atoms with Gasteiger partial charge >= 0.3 is 0 Å². The molecule has 2 aliphatic rings. The quantitative estimate of drug-likeness (QED) is 0.485. The molecular weight excluding hydrogens is 425 g/mol. The van der Waals surface area contributed by atoms with Gasteiger partial charge in [-0.1, -0.05) is 48.5 Å². The van der Waals surface area contributed by atoms with Gasteiger partial charge in [0, 0.05) is 34.3 Å². The van der Waals surface area contributed by atoms with Gasteiger partial charge in [0.05, 0.1) is 5.54 Å². The SMILES string of the molecule is C/C(F)=C(\C)C(=O)N1CCc2c([nH]c3ccccc23)C12CCC(c1ccccc1)(N(C)C)CC2. The van der Waals surface area contributed by atoms with Crippen LogP contribution in [0.2, 0.25) is 0 Å². The maximum Gasteiger partial charge on any atom is 0.252 e. The predicted octanol–water partition coefficient (Wildman–Crippen LogP) is 6.04. The molecule has 2 aromatic carbocycles. The molecule has 2 heterocycles. The van der Waals surface area contributed by atoms with Gasteiger partial charge in [0.25, 0.3) is 5.91 Å². The molecule has 34 heavy (non-hydrogen) atoms. The van der Waals surface area contributed by atoms with Crippen LogP contribution in [-0.4, -0.2) is 41.3 Å². The highest BCUT2D eigenvalue weighted by atomic mass is 19.1. The Kier molecular flexibility index (Phi) is 5.64. The van der Waals surface area contributed by atoms with E-state index in [2.05, 4.69) is 72.5 Å². The largest absolute Gasteiger partial charge is 0.356 e. The molecule has 1 saturated carbocycles. The third-order valence-electron chi connectivity index (χ3n) is 8.54. The number of allylic oxidation sites excluding steroid dienone is 1. The monoisotopic (exact) mass is 459 g/mol. The summed E-state index contributed by atoms with van der Waals surface area (Å²) in [7, 11) is 4.31. The van der Waals surface area contributed by atoms with Crippen molar-refractivity contribution in [1.82, 2.24) is 14.8 Å². The zero-order chi connectivity index (χ0) is 24.1. The number of fused-ring (bicyclic) bond motifs is 4. The van der Waals surface area contributed by atoms with E-state index in [0.717, 1.165) is 43.3 Å². The molecule has 4 nitrogen and oxygen atoms in total. The van der Waals surface area contributed by atoms with Crippen LogP contribution in [0.3, 0.4) is 0 Å². The summed E-state index contributed by atoms with van der Waals surface area (Å²) in [6, 6.07) is 19.1. The molecule has 1 fully saturated rings. The molecule has 1 aliphatic carbocycles. The second kappa shape index (κ2) is 8.38. The highest BCUT2D eigenvalue weighted by Crippen LogP contribution is 2.53. The molecule has 1 amide bonds. The van der Waals surface area contributed by atoms with Crippen LogP contribution < -0.4 is 0 Å². The van der Waals surface area contributed by atoms with E-state index in [1.165, 1.54) is 23.4 Å². The van der Waals surface area contributed by atoms with E-state index in [0.29, 0.717) is 6.54 Å². The Balaban J connectivity index is 1.63. The van der Waals surface area contributed by atoms with Crippen molar-refractivity contribution in [2.45, 2.75) is 57.0 Å². The molecule has 178 valence electrons. The lowest BCUT2D eigenvalue weighted by Crippen LogP contribution is -2.58. The maximum atomic E-state index is 14.2. The van der Waals surface area contributed by atoms with Gasteiger partial charge in [0.2, 0.25) is 0 Å². The van der Waals surface area contributed by atoms with Crippen molar-refractivity contribution in [2.24, 2.45) is 0 Å². The summed E-state index contributed by atoms with van der Waals surface area (Å²) >= 11 is 0. The number of nitrogens with zero attached hydrogens (tertiary/aromatic N) is 2. The molecule has 0 saturated heterocycles. The molecule has 0 radical (unpaired) electrons. The van der Waals surface area contributed by atoms with Gasteiger partial charge in [-0.05, 0) is 77.2 Å². The third kappa shape index (κ3) is 3.32. The van der Waals surface area contributed by atoms with E-state index in [1.807, 2.05) is 11.0 Å². The van der Waals surface area contributed by atoms with Crippen molar-refractivity contribution in [3.05, 3.63) is 82.8 Å². The molecule has 0 atom stereocenters. The van der Waals surface area contributed by atoms with Gasteiger partial charge in [-0.15, -0.1) is 0 Å². The van der Waals surface area contributed by atoms with E-state index in [1.54, 1.807) is 6.92 Å². The number of H-pyrrole nitrogens is 1. The van der Waals surface area contributed by atoms with Crippen LogP contribution in [0.15, 0.2) is 66.0 Å². The van der Waals surface area contributed by atoms with Crippen molar-refractivity contribution in [3.63, 3.8) is 0 Å². The Bertz CT molecular complexity index is 1240. The first-order valence-electron chi connectivity index (χ1n) is 12.3. The molecule has 1 N–H and O–H groups in total.